The van der Waals surface area contributed by atoms with E-state index in [0.29, 0.717) is 0 Å². The van der Waals surface area contributed by atoms with E-state index in [9.17, 15) is 4.79 Å². The number of nitrogens with one attached hydrogen (secondary N) is 1. The van der Waals surface area contributed by atoms with Crippen LogP contribution in [0.15, 0.2) is 29.4 Å². The molecule has 0 radical (unpaired) electrons. The topological polar surface area (TPSA) is 68.0 Å². The standard InChI is InChI=1S/C8H11N3OS/c1-6(8(12)11-9)13-7-4-2-3-5-10-7/h2-6H,9H2,1H3,(H,11,12). The van der Waals surface area contributed by atoms with E-state index in [2.05, 4.69) is 10.4 Å². The van der Waals surface area contributed by atoms with Crippen LogP contribution in [-0.4, -0.2) is 16.1 Å². The van der Waals surface area contributed by atoms with Gasteiger partial charge in [-0.25, -0.2) is 10.8 Å². The number of carbonyl (C=O) groups is 1. The highest BCUT2D eigenvalue weighted by Crippen LogP contribution is 2.19. The molecule has 5 heteroatoms. The average Bonchev–Trinajstić information content (AvgIpc) is 2.18. The van der Waals surface area contributed by atoms with E-state index in [1.165, 1.54) is 11.8 Å². The summed E-state index contributed by atoms with van der Waals surface area (Å²) in [6.07, 6.45) is 1.69. The molecular weight excluding hydrogens is 186 g/mol. The highest BCUT2D eigenvalue weighted by Gasteiger charge is 2.12. The highest BCUT2D eigenvalue weighted by molar-refractivity contribution is 8.00. The van der Waals surface area contributed by atoms with Crippen molar-refractivity contribution in [2.24, 2.45) is 5.84 Å². The van der Waals surface area contributed by atoms with Crippen LogP contribution < -0.4 is 11.3 Å². The number of nitrogens with two attached hydrogens (primary N) is 1. The molecule has 1 aromatic rings. The van der Waals surface area contributed by atoms with Gasteiger partial charge < -0.3 is 0 Å². The van der Waals surface area contributed by atoms with Gasteiger partial charge in [-0.05, 0) is 19.1 Å². The van der Waals surface area contributed by atoms with E-state index >= 15 is 0 Å². The van der Waals surface area contributed by atoms with Crippen molar-refractivity contribution < 1.29 is 4.79 Å². The van der Waals surface area contributed by atoms with Gasteiger partial charge in [-0.1, -0.05) is 17.8 Å². The third kappa shape index (κ3) is 3.04. The Kier molecular flexibility index (Phi) is 3.72. The predicted octanol–water partition coefficient (Wildman–Crippen LogP) is 0.552. The normalized spacial score (nSPS) is 12.2. The summed E-state index contributed by atoms with van der Waals surface area (Å²) in [6, 6.07) is 5.56. The van der Waals surface area contributed by atoms with E-state index < -0.39 is 0 Å². The number of carbonyl (C=O) groups excluding carboxylic acids is 1. The van der Waals surface area contributed by atoms with Crippen molar-refractivity contribution in [2.45, 2.75) is 17.2 Å². The summed E-state index contributed by atoms with van der Waals surface area (Å²) < 4.78 is 0. The fourth-order valence-electron chi connectivity index (χ4n) is 0.769. The van der Waals surface area contributed by atoms with E-state index in [0.717, 1.165) is 5.03 Å². The second kappa shape index (κ2) is 4.84. The molecule has 0 spiro atoms. The van der Waals surface area contributed by atoms with Gasteiger partial charge in [0, 0.05) is 6.20 Å². The molecule has 0 aliphatic heterocycles. The maximum Gasteiger partial charge on any atom is 0.247 e. The van der Waals surface area contributed by atoms with Crippen molar-refractivity contribution in [2.75, 3.05) is 0 Å². The molecule has 1 aromatic heterocycles. The molecule has 0 saturated heterocycles. The SMILES string of the molecule is CC(Sc1ccccn1)C(=O)NN. The first-order valence-electron chi connectivity index (χ1n) is 3.82. The first-order valence-corrected chi connectivity index (χ1v) is 4.70. The fraction of sp³-hybridized carbons (Fsp3) is 0.250. The van der Waals surface area contributed by atoms with Crippen LogP contribution in [0.25, 0.3) is 0 Å². The molecule has 1 heterocycles. The van der Waals surface area contributed by atoms with Gasteiger partial charge in [0.25, 0.3) is 0 Å². The lowest BCUT2D eigenvalue weighted by molar-refractivity contribution is -0.120. The quantitative estimate of drug-likeness (QED) is 0.321. The molecule has 0 saturated carbocycles. The van der Waals surface area contributed by atoms with Gasteiger partial charge >= 0.3 is 0 Å². The molecular formula is C8H11N3OS. The zero-order chi connectivity index (χ0) is 9.68. The van der Waals surface area contributed by atoms with Gasteiger partial charge in [0.15, 0.2) is 0 Å². The van der Waals surface area contributed by atoms with Crippen molar-refractivity contribution in [3.05, 3.63) is 24.4 Å². The maximum absolute atomic E-state index is 11.0. The maximum atomic E-state index is 11.0. The van der Waals surface area contributed by atoms with Gasteiger partial charge in [0.1, 0.15) is 0 Å². The molecule has 0 aliphatic carbocycles. The van der Waals surface area contributed by atoms with Gasteiger partial charge in [-0.3, -0.25) is 10.2 Å². The monoisotopic (exact) mass is 197 g/mol. The molecule has 70 valence electrons. The number of aromatic nitrogens is 1. The number of amides is 1. The highest BCUT2D eigenvalue weighted by atomic mass is 32.2. The minimum Gasteiger partial charge on any atom is -0.293 e. The van der Waals surface area contributed by atoms with Crippen molar-refractivity contribution >= 4 is 17.7 Å². The third-order valence-electron chi connectivity index (χ3n) is 1.45. The fourth-order valence-corrected chi connectivity index (χ4v) is 1.58. The Morgan fingerprint density at radius 3 is 3.00 bits per heavy atom. The molecule has 0 aliphatic rings. The Balaban J connectivity index is 2.55. The number of nitrogens with zero attached hydrogens (tertiary/aromatic N) is 1. The van der Waals surface area contributed by atoms with E-state index in [-0.39, 0.29) is 11.2 Å². The Hall–Kier alpha value is -1.07. The lowest BCUT2D eigenvalue weighted by atomic mass is 10.5. The Morgan fingerprint density at radius 1 is 1.69 bits per heavy atom. The number of pyridine rings is 1. The molecule has 13 heavy (non-hydrogen) atoms. The predicted molar refractivity (Wildman–Crippen MR) is 51.9 cm³/mol. The number of hydrazine groups is 1. The van der Waals surface area contributed by atoms with E-state index in [4.69, 9.17) is 5.84 Å². The lowest BCUT2D eigenvalue weighted by Crippen LogP contribution is -2.36. The molecule has 0 aromatic carbocycles. The van der Waals surface area contributed by atoms with Crippen LogP contribution >= 0.6 is 11.8 Å². The van der Waals surface area contributed by atoms with Crippen molar-refractivity contribution in [3.63, 3.8) is 0 Å². The van der Waals surface area contributed by atoms with Crippen LogP contribution in [0.4, 0.5) is 0 Å². The minimum absolute atomic E-state index is 0.198. The van der Waals surface area contributed by atoms with Crippen LogP contribution in [0, 0.1) is 0 Å². The summed E-state index contributed by atoms with van der Waals surface area (Å²) in [5.41, 5.74) is 2.10. The van der Waals surface area contributed by atoms with E-state index in [1.807, 2.05) is 18.2 Å². The van der Waals surface area contributed by atoms with Crippen LogP contribution in [0.3, 0.4) is 0 Å². The molecule has 0 fully saturated rings. The minimum atomic E-state index is -0.222. The molecule has 0 bridgehead atoms. The summed E-state index contributed by atoms with van der Waals surface area (Å²) in [4.78, 5) is 15.1. The summed E-state index contributed by atoms with van der Waals surface area (Å²) in [7, 11) is 0. The Morgan fingerprint density at radius 2 is 2.46 bits per heavy atom. The summed E-state index contributed by atoms with van der Waals surface area (Å²) in [5.74, 6) is 4.79. The first-order chi connectivity index (χ1) is 6.24. The zero-order valence-electron chi connectivity index (χ0n) is 7.23. The Bertz CT molecular complexity index is 278. The summed E-state index contributed by atoms with van der Waals surface area (Å²) in [6.45, 7) is 1.78. The summed E-state index contributed by atoms with van der Waals surface area (Å²) in [5, 5.41) is 0.596. The number of thioether (sulfide) groups is 1. The molecule has 3 N–H and O–H groups in total. The Labute approximate surface area is 80.9 Å². The largest absolute Gasteiger partial charge is 0.293 e. The van der Waals surface area contributed by atoms with Crippen LogP contribution in [0.1, 0.15) is 6.92 Å². The molecule has 4 nitrogen and oxygen atoms in total. The van der Waals surface area contributed by atoms with Crippen LogP contribution in [0.5, 0.6) is 0 Å². The van der Waals surface area contributed by atoms with Crippen molar-refractivity contribution in [1.29, 1.82) is 0 Å². The van der Waals surface area contributed by atoms with Gasteiger partial charge in [0.05, 0.1) is 10.3 Å². The number of rotatable bonds is 3. The van der Waals surface area contributed by atoms with Crippen LogP contribution in [-0.2, 0) is 4.79 Å². The lowest BCUT2D eigenvalue weighted by Gasteiger charge is -2.07. The second-order valence-corrected chi connectivity index (χ2v) is 3.80. The van der Waals surface area contributed by atoms with Gasteiger partial charge in [0.2, 0.25) is 5.91 Å². The average molecular weight is 197 g/mol. The first kappa shape index (κ1) is 10.0. The van der Waals surface area contributed by atoms with Crippen molar-refractivity contribution in [3.8, 4) is 0 Å². The van der Waals surface area contributed by atoms with Crippen molar-refractivity contribution in [1.82, 2.24) is 10.4 Å². The summed E-state index contributed by atoms with van der Waals surface area (Å²) >= 11 is 1.37. The zero-order valence-corrected chi connectivity index (χ0v) is 8.04. The molecule has 1 unspecified atom stereocenters. The number of hydrogen-bond acceptors (Lipinski definition) is 4. The molecule has 1 rings (SSSR count). The smallest absolute Gasteiger partial charge is 0.247 e. The van der Waals surface area contributed by atoms with Crippen LogP contribution in [0.2, 0.25) is 0 Å². The van der Waals surface area contributed by atoms with E-state index in [1.54, 1.807) is 13.1 Å². The molecule has 1 atom stereocenters. The third-order valence-corrected chi connectivity index (χ3v) is 2.50. The molecule has 1 amide bonds. The second-order valence-electron chi connectivity index (χ2n) is 2.44. The van der Waals surface area contributed by atoms with Gasteiger partial charge in [-0.15, -0.1) is 0 Å². The van der Waals surface area contributed by atoms with Gasteiger partial charge in [-0.2, -0.15) is 0 Å². The number of hydrogen-bond donors (Lipinski definition) is 2.